The van der Waals surface area contributed by atoms with Crippen LogP contribution in [0.3, 0.4) is 0 Å². The number of aryl methyl sites for hydroxylation is 1. The molecule has 0 aliphatic heterocycles. The van der Waals surface area contributed by atoms with E-state index >= 15 is 0 Å². The Hall–Kier alpha value is -2.09. The highest BCUT2D eigenvalue weighted by Gasteiger charge is 2.15. The van der Waals surface area contributed by atoms with Gasteiger partial charge in [-0.15, -0.1) is 0 Å². The quantitative estimate of drug-likeness (QED) is 0.739. The Balaban J connectivity index is 1.88. The van der Waals surface area contributed by atoms with Gasteiger partial charge in [-0.1, -0.05) is 11.3 Å². The van der Waals surface area contributed by atoms with Crippen LogP contribution < -0.4 is 16.4 Å². The van der Waals surface area contributed by atoms with Crippen molar-refractivity contribution in [2.75, 3.05) is 24.6 Å². The Labute approximate surface area is 114 Å². The molecular formula is C11H16N6OS. The molecule has 7 nitrogen and oxygen atoms in total. The average molecular weight is 280 g/mol. The summed E-state index contributed by atoms with van der Waals surface area (Å²) in [6, 6.07) is 1.92. The Morgan fingerprint density at radius 3 is 2.95 bits per heavy atom. The molecule has 0 atom stereocenters. The summed E-state index contributed by atoms with van der Waals surface area (Å²) in [5, 5.41) is 10.5. The van der Waals surface area contributed by atoms with E-state index < -0.39 is 0 Å². The molecule has 19 heavy (non-hydrogen) atoms. The number of anilines is 2. The number of carbonyl (C=O) groups is 1. The van der Waals surface area contributed by atoms with Crippen LogP contribution in [0, 0.1) is 0 Å². The van der Waals surface area contributed by atoms with Crippen molar-refractivity contribution in [3.8, 4) is 0 Å². The molecule has 0 fully saturated rings. The van der Waals surface area contributed by atoms with E-state index in [4.69, 9.17) is 5.73 Å². The summed E-state index contributed by atoms with van der Waals surface area (Å²) in [6.45, 7) is 0.516. The van der Waals surface area contributed by atoms with Crippen LogP contribution in [-0.2, 0) is 13.5 Å². The molecule has 0 spiro atoms. The summed E-state index contributed by atoms with van der Waals surface area (Å²) in [4.78, 5) is 16.4. The lowest BCUT2D eigenvalue weighted by Gasteiger charge is -2.02. The summed E-state index contributed by atoms with van der Waals surface area (Å²) in [5.74, 6) is 0.0529. The van der Waals surface area contributed by atoms with Gasteiger partial charge < -0.3 is 16.4 Å². The van der Waals surface area contributed by atoms with Crippen LogP contribution in [0.4, 0.5) is 10.9 Å². The van der Waals surface area contributed by atoms with Crippen LogP contribution in [-0.4, -0.2) is 34.3 Å². The number of carbonyl (C=O) groups excluding carboxylic acids is 1. The second kappa shape index (κ2) is 5.70. The number of aromatic nitrogens is 3. The SMILES string of the molecule is CNc1nc(N)c(C(=O)NCCc2ccn(C)n2)s1. The summed E-state index contributed by atoms with van der Waals surface area (Å²) < 4.78 is 1.73. The van der Waals surface area contributed by atoms with Gasteiger partial charge in [-0.3, -0.25) is 9.48 Å². The molecule has 0 saturated carbocycles. The molecule has 0 bridgehead atoms. The van der Waals surface area contributed by atoms with E-state index in [0.29, 0.717) is 23.0 Å². The molecule has 0 unspecified atom stereocenters. The molecule has 2 aromatic heterocycles. The van der Waals surface area contributed by atoms with Crippen molar-refractivity contribution >= 4 is 28.2 Å². The van der Waals surface area contributed by atoms with E-state index in [1.165, 1.54) is 11.3 Å². The molecule has 0 radical (unpaired) electrons. The zero-order valence-electron chi connectivity index (χ0n) is 10.8. The Bertz CT molecular complexity index is 576. The normalized spacial score (nSPS) is 10.4. The molecule has 0 aromatic carbocycles. The van der Waals surface area contributed by atoms with Crippen LogP contribution in [0.1, 0.15) is 15.4 Å². The summed E-state index contributed by atoms with van der Waals surface area (Å²) in [5.41, 5.74) is 6.63. The standard InChI is InChI=1S/C11H16N6OS/c1-13-11-15-9(12)8(19-11)10(18)14-5-3-7-4-6-17(2)16-7/h4,6H,3,5,12H2,1-2H3,(H,13,15)(H,14,18). The topological polar surface area (TPSA) is 97.9 Å². The minimum absolute atomic E-state index is 0.201. The molecule has 2 aromatic rings. The fourth-order valence-corrected chi connectivity index (χ4v) is 2.34. The van der Waals surface area contributed by atoms with Crippen LogP contribution in [0.2, 0.25) is 0 Å². The lowest BCUT2D eigenvalue weighted by molar-refractivity contribution is 0.0959. The molecule has 8 heteroatoms. The first-order chi connectivity index (χ1) is 9.10. The van der Waals surface area contributed by atoms with Crippen molar-refractivity contribution < 1.29 is 4.79 Å². The van der Waals surface area contributed by atoms with E-state index in [-0.39, 0.29) is 11.7 Å². The predicted octanol–water partition coefficient (Wildman–Crippen LogP) is 0.473. The van der Waals surface area contributed by atoms with Gasteiger partial charge in [-0.25, -0.2) is 4.98 Å². The third-order valence-corrected chi connectivity index (χ3v) is 3.60. The van der Waals surface area contributed by atoms with Crippen molar-refractivity contribution in [3.05, 3.63) is 22.8 Å². The van der Waals surface area contributed by atoms with E-state index in [1.54, 1.807) is 11.7 Å². The average Bonchev–Trinajstić information content (AvgIpc) is 2.95. The van der Waals surface area contributed by atoms with E-state index in [1.807, 2.05) is 19.3 Å². The Morgan fingerprint density at radius 1 is 1.58 bits per heavy atom. The molecule has 0 aliphatic rings. The van der Waals surface area contributed by atoms with Crippen LogP contribution in [0.25, 0.3) is 0 Å². The first-order valence-corrected chi connectivity index (χ1v) is 6.62. The van der Waals surface area contributed by atoms with Crippen LogP contribution in [0.15, 0.2) is 12.3 Å². The van der Waals surface area contributed by atoms with Gasteiger partial charge in [0, 0.05) is 33.3 Å². The van der Waals surface area contributed by atoms with Crippen molar-refractivity contribution in [2.45, 2.75) is 6.42 Å². The van der Waals surface area contributed by atoms with E-state index in [0.717, 1.165) is 5.69 Å². The van der Waals surface area contributed by atoms with Gasteiger partial charge in [0.05, 0.1) is 5.69 Å². The number of thiazole rings is 1. The lowest BCUT2D eigenvalue weighted by atomic mass is 10.3. The van der Waals surface area contributed by atoms with Gasteiger partial charge in [-0.05, 0) is 6.07 Å². The smallest absolute Gasteiger partial charge is 0.265 e. The zero-order valence-corrected chi connectivity index (χ0v) is 11.6. The van der Waals surface area contributed by atoms with Gasteiger partial charge in [0.1, 0.15) is 10.7 Å². The van der Waals surface area contributed by atoms with Crippen molar-refractivity contribution in [2.24, 2.45) is 7.05 Å². The molecule has 102 valence electrons. The second-order valence-corrected chi connectivity index (χ2v) is 4.97. The molecule has 0 saturated heterocycles. The van der Waals surface area contributed by atoms with Crippen molar-refractivity contribution in [1.29, 1.82) is 0 Å². The van der Waals surface area contributed by atoms with Gasteiger partial charge in [0.25, 0.3) is 5.91 Å². The summed E-state index contributed by atoms with van der Waals surface area (Å²) in [6.07, 6.45) is 2.56. The van der Waals surface area contributed by atoms with Gasteiger partial charge in [0.2, 0.25) is 0 Å². The fourth-order valence-electron chi connectivity index (χ4n) is 1.58. The molecule has 2 heterocycles. The maximum atomic E-state index is 11.9. The monoisotopic (exact) mass is 280 g/mol. The number of nitrogens with one attached hydrogen (secondary N) is 2. The largest absolute Gasteiger partial charge is 0.382 e. The number of hydrogen-bond donors (Lipinski definition) is 3. The first kappa shape index (κ1) is 13.3. The maximum absolute atomic E-state index is 11.9. The van der Waals surface area contributed by atoms with Crippen molar-refractivity contribution in [3.63, 3.8) is 0 Å². The highest BCUT2D eigenvalue weighted by Crippen LogP contribution is 2.24. The number of hydrogen-bond acceptors (Lipinski definition) is 6. The number of nitrogens with zero attached hydrogens (tertiary/aromatic N) is 3. The number of nitrogen functional groups attached to an aromatic ring is 1. The highest BCUT2D eigenvalue weighted by atomic mass is 32.1. The molecule has 0 aliphatic carbocycles. The second-order valence-electron chi connectivity index (χ2n) is 3.97. The molecular weight excluding hydrogens is 264 g/mol. The van der Waals surface area contributed by atoms with Gasteiger partial charge in [-0.2, -0.15) is 5.10 Å². The van der Waals surface area contributed by atoms with Gasteiger partial charge >= 0.3 is 0 Å². The summed E-state index contributed by atoms with van der Waals surface area (Å²) in [7, 11) is 3.60. The maximum Gasteiger partial charge on any atom is 0.265 e. The third-order valence-electron chi connectivity index (χ3n) is 2.51. The number of rotatable bonds is 5. The summed E-state index contributed by atoms with van der Waals surface area (Å²) >= 11 is 1.24. The fraction of sp³-hybridized carbons (Fsp3) is 0.364. The molecule has 4 N–H and O–H groups in total. The molecule has 2 rings (SSSR count). The zero-order chi connectivity index (χ0) is 13.8. The van der Waals surface area contributed by atoms with Gasteiger partial charge in [0.15, 0.2) is 5.13 Å². The minimum Gasteiger partial charge on any atom is -0.382 e. The van der Waals surface area contributed by atoms with Crippen LogP contribution >= 0.6 is 11.3 Å². The van der Waals surface area contributed by atoms with Crippen molar-refractivity contribution in [1.82, 2.24) is 20.1 Å². The minimum atomic E-state index is -0.201. The highest BCUT2D eigenvalue weighted by molar-refractivity contribution is 7.18. The van der Waals surface area contributed by atoms with E-state index in [9.17, 15) is 4.79 Å². The lowest BCUT2D eigenvalue weighted by Crippen LogP contribution is -2.25. The first-order valence-electron chi connectivity index (χ1n) is 5.81. The third kappa shape index (κ3) is 3.22. The van der Waals surface area contributed by atoms with E-state index in [2.05, 4.69) is 20.7 Å². The predicted molar refractivity (Wildman–Crippen MR) is 75.3 cm³/mol. The number of amides is 1. The molecule has 1 amide bonds. The Morgan fingerprint density at radius 2 is 2.37 bits per heavy atom. The van der Waals surface area contributed by atoms with Crippen LogP contribution in [0.5, 0.6) is 0 Å². The number of nitrogens with two attached hydrogens (primary N) is 1. The Kier molecular flexibility index (Phi) is 4.00.